The maximum Gasteiger partial charge on any atom is 0.416 e. The number of carbonyl (C=O) groups is 1. The Morgan fingerprint density at radius 2 is 1.59 bits per heavy atom. The van der Waals surface area contributed by atoms with Crippen molar-refractivity contribution in [3.63, 3.8) is 0 Å². The van der Waals surface area contributed by atoms with Gasteiger partial charge in [-0.2, -0.15) is 13.2 Å². The van der Waals surface area contributed by atoms with Crippen LogP contribution in [0.5, 0.6) is 0 Å². The van der Waals surface area contributed by atoms with E-state index < -0.39 is 17.7 Å². The first-order valence-electron chi connectivity index (χ1n) is 8.36. The van der Waals surface area contributed by atoms with Crippen molar-refractivity contribution in [2.24, 2.45) is 0 Å². The molecule has 0 aromatic heterocycles. The maximum atomic E-state index is 12.6. The molecule has 0 fully saturated rings. The van der Waals surface area contributed by atoms with Crippen molar-refractivity contribution in [1.29, 1.82) is 0 Å². The van der Waals surface area contributed by atoms with Crippen molar-refractivity contribution in [2.75, 3.05) is 7.11 Å². The highest BCUT2D eigenvalue weighted by Crippen LogP contribution is 2.29. The molecule has 3 aromatic rings. The van der Waals surface area contributed by atoms with Crippen LogP contribution in [-0.4, -0.2) is 13.1 Å². The number of nitrogens with one attached hydrogen (secondary N) is 1. The molecule has 3 rings (SSSR count). The summed E-state index contributed by atoms with van der Waals surface area (Å²) in [6.45, 7) is 0.953. The summed E-state index contributed by atoms with van der Waals surface area (Å²) in [5.41, 5.74) is 1.60. The Kier molecular flexibility index (Phi) is 5.46. The molecular weight excluding hydrogens is 355 g/mol. The fraction of sp³-hybridized carbons (Fsp3) is 0.190. The number of hydrogen-bond acceptors (Lipinski definition) is 3. The summed E-state index contributed by atoms with van der Waals surface area (Å²) < 4.78 is 42.6. The van der Waals surface area contributed by atoms with Gasteiger partial charge in [0.15, 0.2) is 0 Å². The summed E-state index contributed by atoms with van der Waals surface area (Å²) in [5, 5.41) is 4.97. The Morgan fingerprint density at radius 3 is 2.22 bits per heavy atom. The first kappa shape index (κ1) is 18.9. The maximum absolute atomic E-state index is 12.6. The summed E-state index contributed by atoms with van der Waals surface area (Å²) in [4.78, 5) is 11.9. The van der Waals surface area contributed by atoms with Crippen LogP contribution in [0.1, 0.15) is 27.0 Å². The van der Waals surface area contributed by atoms with Crippen molar-refractivity contribution in [3.8, 4) is 0 Å². The monoisotopic (exact) mass is 373 g/mol. The number of alkyl halides is 3. The highest BCUT2D eigenvalue weighted by molar-refractivity contribution is 6.05. The molecule has 140 valence electrons. The third-order valence-corrected chi connectivity index (χ3v) is 4.35. The third-order valence-electron chi connectivity index (χ3n) is 4.35. The molecule has 27 heavy (non-hydrogen) atoms. The first-order valence-corrected chi connectivity index (χ1v) is 8.36. The number of esters is 1. The number of carbonyl (C=O) groups excluding carboxylic acids is 1. The standard InChI is InChI=1S/C21H18F3NO2/c1-27-20(26)19-11-8-15(17-4-2-3-5-18(17)19)13-25-12-14-6-9-16(10-7-14)21(22,23)24/h2-11,25H,12-13H2,1H3. The Labute approximate surface area is 154 Å². The summed E-state index contributed by atoms with van der Waals surface area (Å²) in [5.74, 6) is -0.393. The van der Waals surface area contributed by atoms with Crippen LogP contribution in [0, 0.1) is 0 Å². The zero-order chi connectivity index (χ0) is 19.4. The summed E-state index contributed by atoms with van der Waals surface area (Å²) in [6, 6.07) is 16.2. The second-order valence-electron chi connectivity index (χ2n) is 6.11. The summed E-state index contributed by atoms with van der Waals surface area (Å²) in [7, 11) is 1.34. The van der Waals surface area contributed by atoms with Crippen molar-refractivity contribution in [3.05, 3.63) is 82.9 Å². The van der Waals surface area contributed by atoms with Crippen molar-refractivity contribution < 1.29 is 22.7 Å². The fourth-order valence-electron chi connectivity index (χ4n) is 2.96. The van der Waals surface area contributed by atoms with Crippen LogP contribution in [0.2, 0.25) is 0 Å². The average molecular weight is 373 g/mol. The number of methoxy groups -OCH3 is 1. The van der Waals surface area contributed by atoms with Gasteiger partial charge in [-0.3, -0.25) is 0 Å². The van der Waals surface area contributed by atoms with E-state index in [1.807, 2.05) is 30.3 Å². The molecular formula is C21H18F3NO2. The SMILES string of the molecule is COC(=O)c1ccc(CNCc2ccc(C(F)(F)F)cc2)c2ccccc12. The van der Waals surface area contributed by atoms with E-state index in [4.69, 9.17) is 4.74 Å². The smallest absolute Gasteiger partial charge is 0.416 e. The van der Waals surface area contributed by atoms with E-state index in [-0.39, 0.29) is 0 Å². The molecule has 0 saturated carbocycles. The van der Waals surface area contributed by atoms with E-state index in [0.717, 1.165) is 34.0 Å². The quantitative estimate of drug-likeness (QED) is 0.644. The molecule has 3 aromatic carbocycles. The molecule has 0 amide bonds. The molecule has 0 aliphatic heterocycles. The second kappa shape index (κ2) is 7.80. The van der Waals surface area contributed by atoms with Gasteiger partial charge in [-0.25, -0.2) is 4.79 Å². The molecule has 0 bridgehead atoms. The van der Waals surface area contributed by atoms with Crippen LogP contribution in [0.25, 0.3) is 10.8 Å². The predicted octanol–water partition coefficient (Wildman–Crippen LogP) is 4.94. The molecule has 0 heterocycles. The van der Waals surface area contributed by atoms with Gasteiger partial charge >= 0.3 is 12.1 Å². The minimum absolute atomic E-state index is 0.393. The minimum Gasteiger partial charge on any atom is -0.465 e. The molecule has 1 N–H and O–H groups in total. The molecule has 0 radical (unpaired) electrons. The lowest BCUT2D eigenvalue weighted by atomic mass is 9.99. The normalized spacial score (nSPS) is 11.6. The zero-order valence-electron chi connectivity index (χ0n) is 14.6. The lowest BCUT2D eigenvalue weighted by molar-refractivity contribution is -0.137. The molecule has 0 spiro atoms. The van der Waals surface area contributed by atoms with E-state index in [1.165, 1.54) is 19.2 Å². The lowest BCUT2D eigenvalue weighted by Gasteiger charge is -2.12. The number of fused-ring (bicyclic) bond motifs is 1. The van der Waals surface area contributed by atoms with Gasteiger partial charge in [-0.05, 0) is 40.1 Å². The van der Waals surface area contributed by atoms with E-state index in [0.29, 0.717) is 18.7 Å². The molecule has 0 saturated heterocycles. The Morgan fingerprint density at radius 1 is 0.926 bits per heavy atom. The molecule has 6 heteroatoms. The van der Waals surface area contributed by atoms with Crippen molar-refractivity contribution in [2.45, 2.75) is 19.3 Å². The van der Waals surface area contributed by atoms with Gasteiger partial charge in [0, 0.05) is 13.1 Å². The number of halogens is 3. The van der Waals surface area contributed by atoms with Gasteiger partial charge < -0.3 is 10.1 Å². The van der Waals surface area contributed by atoms with E-state index >= 15 is 0 Å². The Hall–Kier alpha value is -2.86. The molecule has 0 atom stereocenters. The van der Waals surface area contributed by atoms with Gasteiger partial charge in [0.05, 0.1) is 18.2 Å². The number of ether oxygens (including phenoxy) is 1. The molecule has 0 aliphatic carbocycles. The number of rotatable bonds is 5. The average Bonchev–Trinajstić information content (AvgIpc) is 2.67. The predicted molar refractivity (Wildman–Crippen MR) is 97.3 cm³/mol. The highest BCUT2D eigenvalue weighted by Gasteiger charge is 2.29. The van der Waals surface area contributed by atoms with E-state index in [1.54, 1.807) is 6.07 Å². The fourth-order valence-corrected chi connectivity index (χ4v) is 2.96. The molecule has 3 nitrogen and oxygen atoms in total. The third kappa shape index (κ3) is 4.28. The van der Waals surface area contributed by atoms with Crippen LogP contribution in [-0.2, 0) is 24.0 Å². The topological polar surface area (TPSA) is 38.3 Å². The first-order chi connectivity index (χ1) is 12.9. The zero-order valence-corrected chi connectivity index (χ0v) is 14.6. The van der Waals surface area contributed by atoms with Gasteiger partial charge in [0.2, 0.25) is 0 Å². The number of hydrogen-bond donors (Lipinski definition) is 1. The van der Waals surface area contributed by atoms with Gasteiger partial charge in [-0.15, -0.1) is 0 Å². The Bertz CT molecular complexity index is 950. The molecule has 0 unspecified atom stereocenters. The van der Waals surface area contributed by atoms with Crippen LogP contribution in [0.15, 0.2) is 60.7 Å². The van der Waals surface area contributed by atoms with Gasteiger partial charge in [0.25, 0.3) is 0 Å². The van der Waals surface area contributed by atoms with E-state index in [2.05, 4.69) is 5.32 Å². The minimum atomic E-state index is -4.33. The highest BCUT2D eigenvalue weighted by atomic mass is 19.4. The second-order valence-corrected chi connectivity index (χ2v) is 6.11. The van der Waals surface area contributed by atoms with Crippen LogP contribution in [0.3, 0.4) is 0 Å². The summed E-state index contributed by atoms with van der Waals surface area (Å²) in [6.07, 6.45) is -4.33. The van der Waals surface area contributed by atoms with Crippen LogP contribution in [0.4, 0.5) is 13.2 Å². The molecule has 0 aliphatic rings. The van der Waals surface area contributed by atoms with Crippen molar-refractivity contribution >= 4 is 16.7 Å². The van der Waals surface area contributed by atoms with Crippen LogP contribution < -0.4 is 5.32 Å². The Balaban J connectivity index is 1.73. The van der Waals surface area contributed by atoms with E-state index in [9.17, 15) is 18.0 Å². The van der Waals surface area contributed by atoms with Gasteiger partial charge in [-0.1, -0.05) is 42.5 Å². The van der Waals surface area contributed by atoms with Crippen molar-refractivity contribution in [1.82, 2.24) is 5.32 Å². The lowest BCUT2D eigenvalue weighted by Crippen LogP contribution is -2.14. The van der Waals surface area contributed by atoms with Gasteiger partial charge in [0.1, 0.15) is 0 Å². The number of benzene rings is 3. The largest absolute Gasteiger partial charge is 0.465 e. The summed E-state index contributed by atoms with van der Waals surface area (Å²) >= 11 is 0. The van der Waals surface area contributed by atoms with Crippen LogP contribution >= 0.6 is 0 Å².